The van der Waals surface area contributed by atoms with Crippen LogP contribution in [0.4, 0.5) is 0 Å². The van der Waals surface area contributed by atoms with Gasteiger partial charge in [0.05, 0.1) is 11.4 Å². The molecular formula is C50H31N3O. The third-order valence-electron chi connectivity index (χ3n) is 10.6. The molecular weight excluding hydrogens is 659 g/mol. The molecule has 0 spiro atoms. The van der Waals surface area contributed by atoms with Crippen molar-refractivity contribution < 1.29 is 4.42 Å². The smallest absolute Gasteiger partial charge is 0.160 e. The molecule has 4 heteroatoms. The van der Waals surface area contributed by atoms with E-state index in [2.05, 4.69) is 169 Å². The number of fused-ring (bicyclic) bond motifs is 7. The van der Waals surface area contributed by atoms with Gasteiger partial charge in [-0.3, -0.25) is 0 Å². The van der Waals surface area contributed by atoms with E-state index < -0.39 is 0 Å². The fraction of sp³-hybridized carbons (Fsp3) is 0. The van der Waals surface area contributed by atoms with Gasteiger partial charge in [-0.15, -0.1) is 0 Å². The molecule has 252 valence electrons. The molecule has 0 saturated carbocycles. The van der Waals surface area contributed by atoms with Gasteiger partial charge in [0, 0.05) is 49.3 Å². The van der Waals surface area contributed by atoms with E-state index in [4.69, 9.17) is 14.4 Å². The van der Waals surface area contributed by atoms with E-state index in [0.717, 1.165) is 83.3 Å². The van der Waals surface area contributed by atoms with E-state index in [1.807, 2.05) is 18.2 Å². The van der Waals surface area contributed by atoms with Gasteiger partial charge in [0.2, 0.25) is 0 Å². The molecule has 0 aliphatic carbocycles. The van der Waals surface area contributed by atoms with Crippen LogP contribution in [-0.2, 0) is 0 Å². The molecule has 54 heavy (non-hydrogen) atoms. The summed E-state index contributed by atoms with van der Waals surface area (Å²) in [6, 6.07) is 64.1. The summed E-state index contributed by atoms with van der Waals surface area (Å²) in [4.78, 5) is 14.2. The highest BCUT2D eigenvalue weighted by molar-refractivity contribution is 6.09. The van der Waals surface area contributed by atoms with Crippen LogP contribution in [0.2, 0.25) is 0 Å². The van der Waals surface area contributed by atoms with E-state index in [-0.39, 0.29) is 0 Å². The molecule has 3 heterocycles. The van der Waals surface area contributed by atoms with Crippen molar-refractivity contribution in [1.82, 2.24) is 15.0 Å². The van der Waals surface area contributed by atoms with Gasteiger partial charge in [-0.25, -0.2) is 9.97 Å². The van der Waals surface area contributed by atoms with Gasteiger partial charge in [-0.2, -0.15) is 0 Å². The summed E-state index contributed by atoms with van der Waals surface area (Å²) in [5.41, 5.74) is 13.2. The Morgan fingerprint density at radius 2 is 0.944 bits per heavy atom. The number of furan rings is 1. The van der Waals surface area contributed by atoms with Crippen LogP contribution in [0.15, 0.2) is 186 Å². The van der Waals surface area contributed by atoms with Crippen LogP contribution in [0.1, 0.15) is 0 Å². The van der Waals surface area contributed by atoms with E-state index in [9.17, 15) is 0 Å². The molecule has 11 rings (SSSR count). The number of para-hydroxylation sites is 2. The number of hydrogen-bond donors (Lipinski definition) is 1. The Kier molecular flexibility index (Phi) is 6.82. The highest BCUT2D eigenvalue weighted by Gasteiger charge is 2.16. The van der Waals surface area contributed by atoms with Crippen molar-refractivity contribution >= 4 is 54.5 Å². The van der Waals surface area contributed by atoms with Gasteiger partial charge in [-0.1, -0.05) is 115 Å². The lowest BCUT2D eigenvalue weighted by atomic mass is 9.94. The number of rotatable bonds is 5. The van der Waals surface area contributed by atoms with Crippen molar-refractivity contribution in [2.45, 2.75) is 0 Å². The number of aromatic amines is 1. The molecule has 0 aliphatic heterocycles. The standard InChI is InChI=1S/C50H31N3O/c1-2-11-32(12-3-1)46-30-47(36-19-18-31-10-4-5-13-33(31)24-36)53-50(52-46)39-26-37(34-20-22-45-42(28-34)40-14-6-8-16-44(40)51-45)25-38(27-39)35-21-23-49-43(29-35)41-15-7-9-17-48(41)54-49/h1-30,51H. The third-order valence-corrected chi connectivity index (χ3v) is 10.6. The maximum Gasteiger partial charge on any atom is 0.160 e. The van der Waals surface area contributed by atoms with Crippen molar-refractivity contribution in [3.05, 3.63) is 182 Å². The molecule has 4 nitrogen and oxygen atoms in total. The second-order valence-electron chi connectivity index (χ2n) is 13.9. The molecule has 0 unspecified atom stereocenters. The first-order valence-corrected chi connectivity index (χ1v) is 18.2. The largest absolute Gasteiger partial charge is 0.456 e. The van der Waals surface area contributed by atoms with Gasteiger partial charge in [0.1, 0.15) is 11.2 Å². The molecule has 3 aromatic heterocycles. The highest BCUT2D eigenvalue weighted by atomic mass is 16.3. The lowest BCUT2D eigenvalue weighted by Crippen LogP contribution is -1.97. The first-order valence-electron chi connectivity index (χ1n) is 18.2. The maximum absolute atomic E-state index is 6.21. The van der Waals surface area contributed by atoms with E-state index in [1.165, 1.54) is 21.5 Å². The quantitative estimate of drug-likeness (QED) is 0.196. The minimum Gasteiger partial charge on any atom is -0.456 e. The zero-order valence-corrected chi connectivity index (χ0v) is 29.1. The van der Waals surface area contributed by atoms with Gasteiger partial charge < -0.3 is 9.40 Å². The number of aromatic nitrogens is 3. The van der Waals surface area contributed by atoms with E-state index >= 15 is 0 Å². The van der Waals surface area contributed by atoms with Crippen LogP contribution in [0.5, 0.6) is 0 Å². The summed E-state index contributed by atoms with van der Waals surface area (Å²) in [6.07, 6.45) is 0. The van der Waals surface area contributed by atoms with Crippen LogP contribution < -0.4 is 0 Å². The Morgan fingerprint density at radius 1 is 0.333 bits per heavy atom. The van der Waals surface area contributed by atoms with Crippen LogP contribution in [0.3, 0.4) is 0 Å². The van der Waals surface area contributed by atoms with Crippen LogP contribution >= 0.6 is 0 Å². The fourth-order valence-corrected chi connectivity index (χ4v) is 7.85. The minimum atomic E-state index is 0.672. The predicted molar refractivity (Wildman–Crippen MR) is 223 cm³/mol. The van der Waals surface area contributed by atoms with Gasteiger partial charge in [0.15, 0.2) is 5.82 Å². The summed E-state index contributed by atoms with van der Waals surface area (Å²) in [6.45, 7) is 0. The van der Waals surface area contributed by atoms with Crippen molar-refractivity contribution in [2.75, 3.05) is 0 Å². The van der Waals surface area contributed by atoms with Crippen molar-refractivity contribution in [2.24, 2.45) is 0 Å². The first kappa shape index (κ1) is 30.3. The lowest BCUT2D eigenvalue weighted by molar-refractivity contribution is 0.669. The molecule has 11 aromatic rings. The molecule has 0 radical (unpaired) electrons. The molecule has 0 aliphatic rings. The number of nitrogens with zero attached hydrogens (tertiary/aromatic N) is 2. The number of H-pyrrole nitrogens is 1. The van der Waals surface area contributed by atoms with Crippen LogP contribution in [0, 0.1) is 0 Å². The normalized spacial score (nSPS) is 11.7. The third kappa shape index (κ3) is 5.15. The Balaban J connectivity index is 1.15. The first-order chi connectivity index (χ1) is 26.7. The SMILES string of the molecule is c1ccc(-c2cc(-c3ccc4ccccc4c3)nc(-c3cc(-c4ccc5[nH]c6ccccc6c5c4)cc(-c4ccc5oc6ccccc6c5c4)c3)n2)cc1. The zero-order valence-electron chi connectivity index (χ0n) is 29.1. The average Bonchev–Trinajstić information content (AvgIpc) is 3.81. The fourth-order valence-electron chi connectivity index (χ4n) is 7.85. The topological polar surface area (TPSA) is 54.7 Å². The maximum atomic E-state index is 6.21. The van der Waals surface area contributed by atoms with Gasteiger partial charge in [0.25, 0.3) is 0 Å². The summed E-state index contributed by atoms with van der Waals surface area (Å²) >= 11 is 0. The molecule has 0 amide bonds. The molecule has 1 N–H and O–H groups in total. The molecule has 0 fully saturated rings. The Hall–Kier alpha value is -7.30. The summed E-state index contributed by atoms with van der Waals surface area (Å²) in [5, 5.41) is 6.98. The van der Waals surface area contributed by atoms with E-state index in [0.29, 0.717) is 5.82 Å². The molecule has 0 bridgehead atoms. The van der Waals surface area contributed by atoms with Crippen molar-refractivity contribution in [1.29, 1.82) is 0 Å². The van der Waals surface area contributed by atoms with Crippen LogP contribution in [-0.4, -0.2) is 15.0 Å². The van der Waals surface area contributed by atoms with Crippen LogP contribution in [0.25, 0.3) is 111 Å². The number of hydrogen-bond acceptors (Lipinski definition) is 3. The molecule has 0 atom stereocenters. The monoisotopic (exact) mass is 689 g/mol. The lowest BCUT2D eigenvalue weighted by Gasteiger charge is -2.13. The Bertz CT molecular complexity index is 3090. The summed E-state index contributed by atoms with van der Waals surface area (Å²) in [5.74, 6) is 0.672. The molecule has 8 aromatic carbocycles. The average molecular weight is 690 g/mol. The minimum absolute atomic E-state index is 0.672. The number of benzene rings is 8. The summed E-state index contributed by atoms with van der Waals surface area (Å²) in [7, 11) is 0. The predicted octanol–water partition coefficient (Wildman–Crippen LogP) is 13.5. The second kappa shape index (κ2) is 12.1. The Morgan fingerprint density at radius 3 is 1.80 bits per heavy atom. The second-order valence-corrected chi connectivity index (χ2v) is 13.9. The zero-order chi connectivity index (χ0) is 35.6. The summed E-state index contributed by atoms with van der Waals surface area (Å²) < 4.78 is 6.21. The van der Waals surface area contributed by atoms with E-state index in [1.54, 1.807) is 0 Å². The van der Waals surface area contributed by atoms with Crippen molar-refractivity contribution in [3.8, 4) is 56.2 Å². The Labute approximate surface area is 311 Å². The van der Waals surface area contributed by atoms with Gasteiger partial charge >= 0.3 is 0 Å². The van der Waals surface area contributed by atoms with Crippen molar-refractivity contribution in [3.63, 3.8) is 0 Å². The molecule has 0 saturated heterocycles. The van der Waals surface area contributed by atoms with Gasteiger partial charge in [-0.05, 0) is 99.8 Å². The number of nitrogens with one attached hydrogen (secondary N) is 1. The highest BCUT2D eigenvalue weighted by Crippen LogP contribution is 2.38.